The van der Waals surface area contributed by atoms with Crippen molar-refractivity contribution in [3.63, 3.8) is 0 Å². The second kappa shape index (κ2) is 6.35. The van der Waals surface area contributed by atoms with Gasteiger partial charge in [-0.2, -0.15) is 13.2 Å². The molecule has 4 N–H and O–H groups in total. The van der Waals surface area contributed by atoms with Gasteiger partial charge in [-0.1, -0.05) is 6.07 Å². The first kappa shape index (κ1) is 18.0. The minimum Gasteiger partial charge on any atom is -0.351 e. The Morgan fingerprint density at radius 3 is 2.09 bits per heavy atom. The minimum atomic E-state index is -5.03. The van der Waals surface area contributed by atoms with E-state index >= 15 is 0 Å². The number of urea groups is 1. The summed E-state index contributed by atoms with van der Waals surface area (Å²) >= 11 is 0. The Labute approximate surface area is 126 Å². The summed E-state index contributed by atoms with van der Waals surface area (Å²) in [6.07, 6.45) is -5.03. The van der Waals surface area contributed by atoms with Crippen molar-refractivity contribution in [2.45, 2.75) is 39.0 Å². The number of hydrogen-bond donors (Lipinski definition) is 2. The highest BCUT2D eigenvalue weighted by Gasteiger charge is 2.41. The summed E-state index contributed by atoms with van der Waals surface area (Å²) in [4.78, 5) is 24.1. The van der Waals surface area contributed by atoms with E-state index in [-0.39, 0.29) is 17.3 Å². The van der Waals surface area contributed by atoms with Crippen molar-refractivity contribution in [2.24, 2.45) is 11.5 Å². The molecule has 5 nitrogen and oxygen atoms in total. The first-order valence-electron chi connectivity index (χ1n) is 6.56. The fourth-order valence-electron chi connectivity index (χ4n) is 2.12. The lowest BCUT2D eigenvalue weighted by atomic mass is 9.97. The van der Waals surface area contributed by atoms with Crippen molar-refractivity contribution in [2.75, 3.05) is 4.90 Å². The summed E-state index contributed by atoms with van der Waals surface area (Å²) in [6, 6.07) is 1.74. The summed E-state index contributed by atoms with van der Waals surface area (Å²) in [5.74, 6) is -2.00. The second-order valence-electron chi connectivity index (χ2n) is 5.19. The molecule has 0 aliphatic heterocycles. The third kappa shape index (κ3) is 3.76. The van der Waals surface area contributed by atoms with E-state index in [4.69, 9.17) is 11.5 Å². The molecule has 122 valence electrons. The first-order chi connectivity index (χ1) is 9.96. The molecule has 0 radical (unpaired) electrons. The topological polar surface area (TPSA) is 89.4 Å². The van der Waals surface area contributed by atoms with E-state index in [1.807, 2.05) is 0 Å². The molecule has 0 aliphatic rings. The van der Waals surface area contributed by atoms with Crippen LogP contribution in [-0.4, -0.2) is 24.0 Å². The second-order valence-corrected chi connectivity index (χ2v) is 5.19. The zero-order chi connectivity index (χ0) is 17.2. The molecule has 1 unspecified atom stereocenters. The normalized spacial score (nSPS) is 13.1. The number of nitrogens with two attached hydrogens (primary N) is 2. The predicted octanol–water partition coefficient (Wildman–Crippen LogP) is 2.74. The quantitative estimate of drug-likeness (QED) is 0.837. The minimum absolute atomic E-state index is 0.0549. The summed E-state index contributed by atoms with van der Waals surface area (Å²) in [5.41, 5.74) is 10.4. The van der Waals surface area contributed by atoms with E-state index in [0.29, 0.717) is 0 Å². The van der Waals surface area contributed by atoms with Crippen LogP contribution in [0.3, 0.4) is 0 Å². The maximum Gasteiger partial charge on any atom is 0.454 e. The van der Waals surface area contributed by atoms with Crippen molar-refractivity contribution in [1.29, 1.82) is 0 Å². The van der Waals surface area contributed by atoms with Crippen molar-refractivity contribution < 1.29 is 22.8 Å². The lowest BCUT2D eigenvalue weighted by Crippen LogP contribution is -2.41. The molecule has 0 fully saturated rings. The van der Waals surface area contributed by atoms with Crippen LogP contribution in [0.5, 0.6) is 0 Å². The van der Waals surface area contributed by atoms with Gasteiger partial charge in [0.15, 0.2) is 0 Å². The third-order valence-electron chi connectivity index (χ3n) is 3.06. The molecule has 0 bridgehead atoms. The number of alkyl halides is 3. The van der Waals surface area contributed by atoms with Gasteiger partial charge < -0.3 is 11.5 Å². The van der Waals surface area contributed by atoms with Gasteiger partial charge in [0, 0.05) is 23.3 Å². The van der Waals surface area contributed by atoms with Crippen LogP contribution in [0.1, 0.15) is 42.7 Å². The zero-order valence-corrected chi connectivity index (χ0v) is 12.4. The maximum absolute atomic E-state index is 12.7. The maximum atomic E-state index is 12.7. The van der Waals surface area contributed by atoms with Gasteiger partial charge in [-0.25, -0.2) is 4.79 Å². The monoisotopic (exact) mass is 317 g/mol. The number of hydrogen-bond acceptors (Lipinski definition) is 3. The molecular weight excluding hydrogens is 299 g/mol. The molecule has 0 aliphatic carbocycles. The van der Waals surface area contributed by atoms with E-state index in [0.717, 1.165) is 11.0 Å². The first-order valence-corrected chi connectivity index (χ1v) is 6.56. The molecule has 1 atom stereocenters. The number of benzene rings is 1. The van der Waals surface area contributed by atoms with E-state index in [1.54, 1.807) is 13.8 Å². The molecule has 0 saturated heterocycles. The number of amides is 2. The van der Waals surface area contributed by atoms with E-state index < -0.39 is 29.6 Å². The zero-order valence-electron chi connectivity index (χ0n) is 12.4. The molecule has 0 saturated carbocycles. The molecule has 2 amide bonds. The van der Waals surface area contributed by atoms with Gasteiger partial charge in [-0.3, -0.25) is 9.69 Å². The number of rotatable bonds is 4. The van der Waals surface area contributed by atoms with Crippen LogP contribution in [0.2, 0.25) is 0 Å². The Kier molecular flexibility index (Phi) is 5.18. The fourth-order valence-corrected chi connectivity index (χ4v) is 2.12. The van der Waals surface area contributed by atoms with Gasteiger partial charge >= 0.3 is 12.2 Å². The molecule has 0 heterocycles. The number of primary amides is 1. The molecule has 1 rings (SSSR count). The molecule has 22 heavy (non-hydrogen) atoms. The predicted molar refractivity (Wildman–Crippen MR) is 76.6 cm³/mol. The van der Waals surface area contributed by atoms with Gasteiger partial charge in [0.2, 0.25) is 0 Å². The fraction of sp³-hybridized carbons (Fsp3) is 0.429. The number of nitrogens with zero attached hydrogens (tertiary/aromatic N) is 1. The molecule has 1 aromatic rings. The Morgan fingerprint density at radius 1 is 1.18 bits per heavy atom. The summed E-state index contributed by atoms with van der Waals surface area (Å²) in [7, 11) is 0. The number of carbonyl (C=O) groups excluding carboxylic acids is 2. The number of Topliss-reactive ketones (excluding diaryl/α,β-unsaturated/α-hetero) is 1. The van der Waals surface area contributed by atoms with Crippen molar-refractivity contribution in [3.05, 3.63) is 29.3 Å². The van der Waals surface area contributed by atoms with Crippen LogP contribution in [-0.2, 0) is 0 Å². The molecule has 8 heteroatoms. The van der Waals surface area contributed by atoms with Crippen LogP contribution >= 0.6 is 0 Å². The molecule has 1 aromatic carbocycles. The number of halogens is 3. The summed E-state index contributed by atoms with van der Waals surface area (Å²) in [6.45, 7) is 4.77. The van der Waals surface area contributed by atoms with Gasteiger partial charge in [-0.05, 0) is 38.5 Å². The van der Waals surface area contributed by atoms with Crippen molar-refractivity contribution in [1.82, 2.24) is 0 Å². The van der Waals surface area contributed by atoms with E-state index in [9.17, 15) is 22.8 Å². The van der Waals surface area contributed by atoms with Crippen LogP contribution in [0.4, 0.5) is 23.7 Å². The Hall–Kier alpha value is -2.09. The summed E-state index contributed by atoms with van der Waals surface area (Å²) < 4.78 is 38.2. The lowest BCUT2D eigenvalue weighted by molar-refractivity contribution is -0.0885. The van der Waals surface area contributed by atoms with Crippen LogP contribution in [0, 0.1) is 0 Å². The Bertz CT molecular complexity index is 583. The largest absolute Gasteiger partial charge is 0.454 e. The highest BCUT2D eigenvalue weighted by atomic mass is 19.4. The van der Waals surface area contributed by atoms with Gasteiger partial charge in [0.25, 0.3) is 5.78 Å². The molecular formula is C14H18F3N3O2. The van der Waals surface area contributed by atoms with Crippen LogP contribution in [0.15, 0.2) is 18.2 Å². The molecule has 0 spiro atoms. The van der Waals surface area contributed by atoms with Gasteiger partial charge in [0.1, 0.15) is 0 Å². The van der Waals surface area contributed by atoms with Crippen molar-refractivity contribution in [3.8, 4) is 0 Å². The third-order valence-corrected chi connectivity index (χ3v) is 3.06. The molecule has 0 aromatic heterocycles. The van der Waals surface area contributed by atoms with Crippen molar-refractivity contribution >= 4 is 17.5 Å². The highest BCUT2D eigenvalue weighted by Crippen LogP contribution is 2.30. The van der Waals surface area contributed by atoms with Crippen LogP contribution in [0.25, 0.3) is 0 Å². The average Bonchev–Trinajstić information content (AvgIpc) is 2.35. The number of anilines is 1. The van der Waals surface area contributed by atoms with Crippen LogP contribution < -0.4 is 16.4 Å². The van der Waals surface area contributed by atoms with Gasteiger partial charge in [0.05, 0.1) is 0 Å². The number of ketones is 1. The Morgan fingerprint density at radius 2 is 1.73 bits per heavy atom. The standard InChI is InChI=1S/C14H18F3N3O2/c1-7(2)20(13(19)22)9-4-5-10(8(3)18)11(6-9)12(21)14(15,16)17/h4-8H,18H2,1-3H3,(H2,19,22). The smallest absolute Gasteiger partial charge is 0.351 e. The lowest BCUT2D eigenvalue weighted by Gasteiger charge is -2.26. The SMILES string of the molecule is CC(N)c1ccc(N(C(N)=O)C(C)C)cc1C(=O)C(F)(F)F. The Balaban J connectivity index is 3.49. The summed E-state index contributed by atoms with van der Waals surface area (Å²) in [5, 5.41) is 0. The van der Waals surface area contributed by atoms with Gasteiger partial charge in [-0.15, -0.1) is 0 Å². The van der Waals surface area contributed by atoms with E-state index in [1.165, 1.54) is 19.1 Å². The average molecular weight is 317 g/mol. The highest BCUT2D eigenvalue weighted by molar-refractivity contribution is 6.03. The van der Waals surface area contributed by atoms with E-state index in [2.05, 4.69) is 0 Å². The number of carbonyl (C=O) groups is 2.